The molecule has 2 rings (SSSR count). The summed E-state index contributed by atoms with van der Waals surface area (Å²) in [7, 11) is 1.72. The predicted octanol–water partition coefficient (Wildman–Crippen LogP) is 3.25. The molecule has 0 radical (unpaired) electrons. The van der Waals surface area contributed by atoms with Crippen LogP contribution in [-0.4, -0.2) is 37.2 Å². The van der Waals surface area contributed by atoms with E-state index in [1.54, 1.807) is 19.2 Å². The predicted molar refractivity (Wildman–Crippen MR) is 103 cm³/mol. The van der Waals surface area contributed by atoms with Gasteiger partial charge in [0.2, 0.25) is 0 Å². The normalized spacial score (nSPS) is 16.5. The summed E-state index contributed by atoms with van der Waals surface area (Å²) >= 11 is 0. The lowest BCUT2D eigenvalue weighted by atomic mass is 9.98. The molecule has 1 atom stereocenters. The minimum atomic E-state index is -0.381. The lowest BCUT2D eigenvalue weighted by molar-refractivity contribution is -0.384. The summed E-state index contributed by atoms with van der Waals surface area (Å²) < 4.78 is 5.94. The van der Waals surface area contributed by atoms with Crippen LogP contribution in [0.2, 0.25) is 0 Å². The van der Waals surface area contributed by atoms with E-state index in [1.807, 2.05) is 6.07 Å². The Morgan fingerprint density at radius 1 is 1.38 bits per heavy atom. The number of hydrogen-bond acceptors (Lipinski definition) is 4. The molecular weight excluding hydrogens is 332 g/mol. The summed E-state index contributed by atoms with van der Waals surface area (Å²) in [5.74, 6) is 1.37. The molecule has 7 nitrogen and oxygen atoms in total. The van der Waals surface area contributed by atoms with Crippen molar-refractivity contribution in [3.05, 3.63) is 39.9 Å². The van der Waals surface area contributed by atoms with Crippen LogP contribution in [-0.2, 0) is 11.3 Å². The van der Waals surface area contributed by atoms with Crippen molar-refractivity contribution in [2.75, 3.05) is 20.2 Å². The van der Waals surface area contributed by atoms with Gasteiger partial charge in [-0.1, -0.05) is 25.0 Å². The second-order valence-corrected chi connectivity index (χ2v) is 6.61. The van der Waals surface area contributed by atoms with Crippen LogP contribution in [0.1, 0.15) is 44.6 Å². The van der Waals surface area contributed by atoms with Gasteiger partial charge in [-0.25, -0.2) is 0 Å². The number of nitro groups is 1. The molecule has 26 heavy (non-hydrogen) atoms. The lowest BCUT2D eigenvalue weighted by Crippen LogP contribution is -2.39. The Morgan fingerprint density at radius 3 is 2.81 bits per heavy atom. The third-order valence-electron chi connectivity index (χ3n) is 4.83. The first-order valence-corrected chi connectivity index (χ1v) is 9.43. The maximum Gasteiger partial charge on any atom is 0.269 e. The molecule has 1 aliphatic carbocycles. The number of non-ortho nitro benzene ring substituents is 1. The van der Waals surface area contributed by atoms with E-state index >= 15 is 0 Å². The van der Waals surface area contributed by atoms with Crippen LogP contribution in [0.15, 0.2) is 29.3 Å². The summed E-state index contributed by atoms with van der Waals surface area (Å²) in [6, 6.07) is 6.62. The Balaban J connectivity index is 1.78. The fourth-order valence-electron chi connectivity index (χ4n) is 3.52. The average molecular weight is 362 g/mol. The Bertz CT molecular complexity index is 600. The molecule has 0 aromatic heterocycles. The van der Waals surface area contributed by atoms with Gasteiger partial charge in [-0.2, -0.15) is 0 Å². The summed E-state index contributed by atoms with van der Waals surface area (Å²) in [6.45, 7) is 4.07. The second-order valence-electron chi connectivity index (χ2n) is 6.61. The Hall–Kier alpha value is -2.15. The molecule has 0 saturated heterocycles. The zero-order valence-electron chi connectivity index (χ0n) is 15.7. The largest absolute Gasteiger partial charge is 0.378 e. The molecule has 0 amide bonds. The zero-order chi connectivity index (χ0) is 18.8. The third-order valence-corrected chi connectivity index (χ3v) is 4.83. The highest BCUT2D eigenvalue weighted by Crippen LogP contribution is 2.30. The van der Waals surface area contributed by atoms with Gasteiger partial charge in [-0.05, 0) is 37.7 Å². The number of benzene rings is 1. The molecule has 1 fully saturated rings. The number of nitrogens with zero attached hydrogens (tertiary/aromatic N) is 2. The van der Waals surface area contributed by atoms with E-state index < -0.39 is 0 Å². The number of hydrogen-bond donors (Lipinski definition) is 2. The van der Waals surface area contributed by atoms with Crippen molar-refractivity contribution in [1.82, 2.24) is 10.6 Å². The van der Waals surface area contributed by atoms with Gasteiger partial charge in [0.25, 0.3) is 5.69 Å². The zero-order valence-corrected chi connectivity index (χ0v) is 15.7. The minimum absolute atomic E-state index is 0.100. The van der Waals surface area contributed by atoms with Crippen LogP contribution in [0.5, 0.6) is 0 Å². The molecule has 0 bridgehead atoms. The van der Waals surface area contributed by atoms with E-state index in [0.717, 1.165) is 25.1 Å². The van der Waals surface area contributed by atoms with Gasteiger partial charge >= 0.3 is 0 Å². The van der Waals surface area contributed by atoms with Crippen LogP contribution >= 0.6 is 0 Å². The van der Waals surface area contributed by atoms with Crippen molar-refractivity contribution >= 4 is 11.6 Å². The van der Waals surface area contributed by atoms with E-state index in [4.69, 9.17) is 4.74 Å². The standard InChI is InChI=1S/C19H30N4O3/c1-3-26-18(16-8-4-5-9-16)11-12-21-19(20-2)22-14-15-7-6-10-17(13-15)23(24)25/h6-7,10,13,16,18H,3-5,8-9,11-12,14H2,1-2H3,(H2,20,21,22). The highest BCUT2D eigenvalue weighted by atomic mass is 16.6. The Labute approximate surface area is 155 Å². The minimum Gasteiger partial charge on any atom is -0.378 e. The first kappa shape index (κ1) is 20.2. The maximum absolute atomic E-state index is 10.9. The van der Waals surface area contributed by atoms with Gasteiger partial charge in [0.05, 0.1) is 11.0 Å². The van der Waals surface area contributed by atoms with E-state index in [9.17, 15) is 10.1 Å². The third kappa shape index (κ3) is 6.29. The first-order valence-electron chi connectivity index (χ1n) is 9.43. The van der Waals surface area contributed by atoms with E-state index in [0.29, 0.717) is 24.5 Å². The number of guanidine groups is 1. The van der Waals surface area contributed by atoms with Crippen molar-refractivity contribution in [3.63, 3.8) is 0 Å². The number of rotatable bonds is 9. The molecule has 0 heterocycles. The van der Waals surface area contributed by atoms with E-state index in [1.165, 1.54) is 31.7 Å². The molecule has 0 aliphatic heterocycles. The summed E-state index contributed by atoms with van der Waals surface area (Å²) in [5, 5.41) is 17.4. The number of ether oxygens (including phenoxy) is 1. The summed E-state index contributed by atoms with van der Waals surface area (Å²) in [5.41, 5.74) is 0.948. The fourth-order valence-corrected chi connectivity index (χ4v) is 3.52. The quantitative estimate of drug-likeness (QED) is 0.305. The van der Waals surface area contributed by atoms with Gasteiger partial charge < -0.3 is 15.4 Å². The number of aliphatic imine (C=N–C) groups is 1. The maximum atomic E-state index is 10.9. The Morgan fingerprint density at radius 2 is 2.15 bits per heavy atom. The van der Waals surface area contributed by atoms with Gasteiger partial charge in [-0.3, -0.25) is 15.1 Å². The second kappa shape index (κ2) is 10.8. The molecule has 1 unspecified atom stereocenters. The lowest BCUT2D eigenvalue weighted by Gasteiger charge is -2.24. The van der Waals surface area contributed by atoms with Crippen molar-refractivity contribution < 1.29 is 9.66 Å². The molecule has 0 spiro atoms. The topological polar surface area (TPSA) is 88.8 Å². The first-order chi connectivity index (χ1) is 12.6. The van der Waals surface area contributed by atoms with Gasteiger partial charge in [0.1, 0.15) is 0 Å². The average Bonchev–Trinajstić information content (AvgIpc) is 3.18. The summed E-state index contributed by atoms with van der Waals surface area (Å²) in [6.07, 6.45) is 6.43. The van der Waals surface area contributed by atoms with Crippen LogP contribution in [0.3, 0.4) is 0 Å². The van der Waals surface area contributed by atoms with Crippen molar-refractivity contribution in [2.45, 2.75) is 51.7 Å². The fraction of sp³-hybridized carbons (Fsp3) is 0.632. The van der Waals surface area contributed by atoms with E-state index in [2.05, 4.69) is 22.5 Å². The molecule has 1 aliphatic rings. The molecule has 144 valence electrons. The van der Waals surface area contributed by atoms with Crippen molar-refractivity contribution in [2.24, 2.45) is 10.9 Å². The van der Waals surface area contributed by atoms with Crippen LogP contribution in [0.4, 0.5) is 5.69 Å². The van der Waals surface area contributed by atoms with Crippen LogP contribution < -0.4 is 10.6 Å². The summed E-state index contributed by atoms with van der Waals surface area (Å²) in [4.78, 5) is 14.7. The van der Waals surface area contributed by atoms with Gasteiger partial charge in [0, 0.05) is 38.9 Å². The molecule has 7 heteroatoms. The van der Waals surface area contributed by atoms with Crippen molar-refractivity contribution in [1.29, 1.82) is 0 Å². The molecule has 1 aromatic carbocycles. The number of nitro benzene ring substituents is 1. The SMILES string of the molecule is CCOC(CCNC(=NC)NCc1cccc([N+](=O)[O-])c1)C1CCCC1. The molecule has 1 aromatic rings. The van der Waals surface area contributed by atoms with E-state index in [-0.39, 0.29) is 10.6 Å². The number of nitrogens with one attached hydrogen (secondary N) is 2. The van der Waals surface area contributed by atoms with Gasteiger partial charge in [-0.15, -0.1) is 0 Å². The van der Waals surface area contributed by atoms with Crippen LogP contribution in [0, 0.1) is 16.0 Å². The monoisotopic (exact) mass is 362 g/mol. The smallest absolute Gasteiger partial charge is 0.269 e. The highest BCUT2D eigenvalue weighted by molar-refractivity contribution is 5.79. The molecule has 1 saturated carbocycles. The molecular formula is C19H30N4O3. The van der Waals surface area contributed by atoms with Gasteiger partial charge in [0.15, 0.2) is 5.96 Å². The van der Waals surface area contributed by atoms with Crippen LogP contribution in [0.25, 0.3) is 0 Å². The highest BCUT2D eigenvalue weighted by Gasteiger charge is 2.25. The molecule has 2 N–H and O–H groups in total. The van der Waals surface area contributed by atoms with Crippen molar-refractivity contribution in [3.8, 4) is 0 Å². The Kier molecular flexibility index (Phi) is 8.34.